The lowest BCUT2D eigenvalue weighted by Crippen LogP contribution is -2.54. The first-order valence-corrected chi connectivity index (χ1v) is 19.9. The molecule has 4 rings (SSSR count). The van der Waals surface area contributed by atoms with Gasteiger partial charge >= 0.3 is 0 Å². The Bertz CT molecular complexity index is 1150. The van der Waals surface area contributed by atoms with E-state index in [1.807, 2.05) is 41.5 Å². The van der Waals surface area contributed by atoms with Crippen molar-refractivity contribution in [3.63, 3.8) is 0 Å². The summed E-state index contributed by atoms with van der Waals surface area (Å²) in [6, 6.07) is 1.72. The minimum atomic E-state index is -0.795. The van der Waals surface area contributed by atoms with Gasteiger partial charge < -0.3 is 26.2 Å². The van der Waals surface area contributed by atoms with E-state index in [0.717, 1.165) is 50.9 Å². The van der Waals surface area contributed by atoms with Crippen LogP contribution in [-0.4, -0.2) is 83.0 Å². The number of amides is 5. The summed E-state index contributed by atoms with van der Waals surface area (Å²) in [7, 11) is 0. The summed E-state index contributed by atoms with van der Waals surface area (Å²) in [6.45, 7) is 22.3. The molecular weight excluding hydrogens is 660 g/mol. The minimum Gasteiger partial charge on any atom is -0.347 e. The van der Waals surface area contributed by atoms with E-state index >= 15 is 0 Å². The molecule has 2 atom stereocenters. The molecular formula is C40H72N6O6. The van der Waals surface area contributed by atoms with Crippen LogP contribution in [-0.2, 0) is 24.0 Å². The average molecular weight is 733 g/mol. The van der Waals surface area contributed by atoms with E-state index in [0.29, 0.717) is 24.9 Å². The van der Waals surface area contributed by atoms with Gasteiger partial charge in [-0.2, -0.15) is 0 Å². The molecule has 2 unspecified atom stereocenters. The van der Waals surface area contributed by atoms with E-state index in [1.165, 1.54) is 17.5 Å². The molecule has 2 saturated carbocycles. The Balaban J connectivity index is 0. The van der Waals surface area contributed by atoms with Crippen LogP contribution in [0.25, 0.3) is 0 Å². The molecule has 1 aromatic rings. The number of pyridine rings is 1. The number of nitrogens with zero attached hydrogens (tertiary/aromatic N) is 2. The van der Waals surface area contributed by atoms with Gasteiger partial charge in [-0.1, -0.05) is 102 Å². The van der Waals surface area contributed by atoms with E-state index < -0.39 is 53.9 Å². The maximum Gasteiger partial charge on any atom is 0.289 e. The lowest BCUT2D eigenvalue weighted by Gasteiger charge is -2.30. The van der Waals surface area contributed by atoms with Crippen molar-refractivity contribution in [2.75, 3.05) is 19.6 Å². The van der Waals surface area contributed by atoms with Crippen LogP contribution in [0.4, 0.5) is 0 Å². The molecule has 0 aromatic carbocycles. The van der Waals surface area contributed by atoms with Gasteiger partial charge in [-0.25, -0.2) is 0 Å². The van der Waals surface area contributed by atoms with Crippen LogP contribution >= 0.6 is 0 Å². The zero-order chi connectivity index (χ0) is 40.1. The molecule has 3 fully saturated rings. The third kappa shape index (κ3) is 20.9. The summed E-state index contributed by atoms with van der Waals surface area (Å²) in [4.78, 5) is 80.8. The summed E-state index contributed by atoms with van der Waals surface area (Å²) in [5.41, 5.74) is 0.344. The number of Topliss-reactive ketones (excluding diaryl/α,β-unsaturated/α-hetero) is 1. The van der Waals surface area contributed by atoms with Gasteiger partial charge in [-0.15, -0.1) is 0 Å². The number of carbonyl (C=O) groups is 6. The molecule has 298 valence electrons. The molecule has 0 bridgehead atoms. The van der Waals surface area contributed by atoms with Crippen molar-refractivity contribution >= 4 is 35.3 Å². The predicted octanol–water partition coefficient (Wildman–Crippen LogP) is 5.99. The first-order chi connectivity index (χ1) is 25.0. The van der Waals surface area contributed by atoms with Gasteiger partial charge in [0, 0.05) is 25.0 Å². The topological polar surface area (TPSA) is 167 Å². The summed E-state index contributed by atoms with van der Waals surface area (Å²) >= 11 is 0. The Morgan fingerprint density at radius 1 is 0.808 bits per heavy atom. The Labute approximate surface area is 314 Å². The smallest absolute Gasteiger partial charge is 0.289 e. The molecule has 2 heterocycles. The normalized spacial score (nSPS) is 16.4. The molecule has 52 heavy (non-hydrogen) atoms. The summed E-state index contributed by atoms with van der Waals surface area (Å²) in [5, 5.41) is 10.5. The standard InChI is InChI=1S/C27H36N6O6.C4H10.C3H8.3C2H6/c34-21(26(38)31-19-10-11-19)15-29-25(37)20-9-5-13-33(20)22(35)16-30-27(39)23(17-6-2-1-3-7-17)32-24(36)18-8-4-12-28-14-18;1-4(2)3;1-3-2;3*1-2/h4,8,12,14,17,19-20,23H,1-3,5-7,9-11,13,15-16H2,(H,29,37)(H,30,39)(H,31,38)(H,32,36);4H,1-3H3;3H2,1-2H3;3*1-2H3. The number of likely N-dealkylation sites (tertiary alicyclic amines) is 1. The molecule has 1 saturated heterocycles. The lowest BCUT2D eigenvalue weighted by molar-refractivity contribution is -0.140. The van der Waals surface area contributed by atoms with E-state index in [9.17, 15) is 28.8 Å². The molecule has 4 N–H and O–H groups in total. The van der Waals surface area contributed by atoms with Crippen molar-refractivity contribution in [1.82, 2.24) is 31.2 Å². The summed E-state index contributed by atoms with van der Waals surface area (Å²) < 4.78 is 0. The number of aromatic nitrogens is 1. The Kier molecular flexibility index (Phi) is 29.7. The van der Waals surface area contributed by atoms with Crippen molar-refractivity contribution in [2.45, 2.75) is 158 Å². The zero-order valence-electron chi connectivity index (χ0n) is 34.2. The van der Waals surface area contributed by atoms with E-state index in [-0.39, 0.29) is 18.5 Å². The van der Waals surface area contributed by atoms with Gasteiger partial charge in [-0.3, -0.25) is 33.8 Å². The highest BCUT2D eigenvalue weighted by atomic mass is 16.2. The van der Waals surface area contributed by atoms with Crippen LogP contribution in [0.5, 0.6) is 0 Å². The van der Waals surface area contributed by atoms with Gasteiger partial charge in [0.2, 0.25) is 23.5 Å². The first kappa shape index (κ1) is 50.3. The van der Waals surface area contributed by atoms with Gasteiger partial charge in [0.1, 0.15) is 12.1 Å². The van der Waals surface area contributed by atoms with Gasteiger partial charge in [0.05, 0.1) is 18.7 Å². The van der Waals surface area contributed by atoms with Crippen LogP contribution in [0.3, 0.4) is 0 Å². The SMILES string of the molecule is CC.CC.CC.CC(C)C.CCC.O=C(CNC(=O)C1CCCN1C(=O)CNC(=O)C(NC(=O)c1cccnc1)C1CCCCC1)C(=O)NC1CC1. The quantitative estimate of drug-likeness (QED) is 0.203. The van der Waals surface area contributed by atoms with Crippen LogP contribution < -0.4 is 21.3 Å². The fourth-order valence-electron chi connectivity index (χ4n) is 5.16. The molecule has 1 aliphatic heterocycles. The molecule has 3 aliphatic rings. The molecule has 0 radical (unpaired) electrons. The molecule has 0 spiro atoms. The number of ketones is 1. The number of hydrogen-bond acceptors (Lipinski definition) is 7. The van der Waals surface area contributed by atoms with Crippen molar-refractivity contribution in [2.24, 2.45) is 11.8 Å². The van der Waals surface area contributed by atoms with Crippen molar-refractivity contribution in [3.8, 4) is 0 Å². The first-order valence-electron chi connectivity index (χ1n) is 19.9. The highest BCUT2D eigenvalue weighted by molar-refractivity contribution is 6.37. The molecule has 5 amide bonds. The monoisotopic (exact) mass is 733 g/mol. The molecule has 12 nitrogen and oxygen atoms in total. The van der Waals surface area contributed by atoms with Crippen LogP contribution in [0, 0.1) is 11.8 Å². The van der Waals surface area contributed by atoms with Gasteiger partial charge in [0.15, 0.2) is 0 Å². The minimum absolute atomic E-state index is 0.0386. The third-order valence-electron chi connectivity index (χ3n) is 7.49. The summed E-state index contributed by atoms with van der Waals surface area (Å²) in [6.07, 6.45) is 11.5. The highest BCUT2D eigenvalue weighted by Crippen LogP contribution is 2.27. The fraction of sp³-hybridized carbons (Fsp3) is 0.725. The number of hydrogen-bond donors (Lipinski definition) is 4. The summed E-state index contributed by atoms with van der Waals surface area (Å²) in [5.74, 6) is -2.46. The second-order valence-corrected chi connectivity index (χ2v) is 12.9. The maximum atomic E-state index is 13.2. The maximum absolute atomic E-state index is 13.2. The van der Waals surface area contributed by atoms with Gasteiger partial charge in [0.25, 0.3) is 11.8 Å². The highest BCUT2D eigenvalue weighted by Gasteiger charge is 2.36. The Morgan fingerprint density at radius 3 is 1.90 bits per heavy atom. The number of rotatable bonds is 11. The second kappa shape index (κ2) is 30.8. The van der Waals surface area contributed by atoms with E-state index in [2.05, 4.69) is 60.9 Å². The zero-order valence-corrected chi connectivity index (χ0v) is 34.2. The van der Waals surface area contributed by atoms with Crippen LogP contribution in [0.2, 0.25) is 0 Å². The Morgan fingerprint density at radius 2 is 1.38 bits per heavy atom. The molecule has 12 heteroatoms. The predicted molar refractivity (Wildman–Crippen MR) is 210 cm³/mol. The van der Waals surface area contributed by atoms with Gasteiger partial charge in [-0.05, 0) is 62.5 Å². The second-order valence-electron chi connectivity index (χ2n) is 12.9. The van der Waals surface area contributed by atoms with Crippen molar-refractivity contribution in [1.29, 1.82) is 0 Å². The fourth-order valence-corrected chi connectivity index (χ4v) is 5.16. The van der Waals surface area contributed by atoms with Crippen molar-refractivity contribution < 1.29 is 28.8 Å². The van der Waals surface area contributed by atoms with E-state index in [1.54, 1.807) is 18.3 Å². The molecule has 2 aliphatic carbocycles. The number of nitrogens with one attached hydrogen (secondary N) is 4. The van der Waals surface area contributed by atoms with E-state index in [4.69, 9.17) is 0 Å². The largest absolute Gasteiger partial charge is 0.347 e. The molecule has 1 aromatic heterocycles. The van der Waals surface area contributed by atoms with Crippen LogP contribution in [0.15, 0.2) is 24.5 Å². The Hall–Kier alpha value is -3.83. The van der Waals surface area contributed by atoms with Crippen molar-refractivity contribution in [3.05, 3.63) is 30.1 Å². The average Bonchev–Trinajstić information content (AvgIpc) is 3.85. The third-order valence-corrected chi connectivity index (χ3v) is 7.49. The van der Waals surface area contributed by atoms with Crippen LogP contribution in [0.1, 0.15) is 151 Å². The number of carbonyl (C=O) groups excluding carboxylic acids is 6. The lowest BCUT2D eigenvalue weighted by atomic mass is 9.83.